The fourth-order valence-electron chi connectivity index (χ4n) is 0.465. The Bertz CT molecular complexity index is 104. The average Bonchev–Trinajstić information content (AvgIpc) is 1.85. The van der Waals surface area contributed by atoms with Crippen LogP contribution in [0.25, 0.3) is 0 Å². The highest BCUT2D eigenvalue weighted by atomic mass is 16.5. The lowest BCUT2D eigenvalue weighted by molar-refractivity contribution is -0.144. The summed E-state index contributed by atoms with van der Waals surface area (Å²) in [6.07, 6.45) is 0.673. The maximum Gasteiger partial charge on any atom is 0.305 e. The largest absolute Gasteiger partial charge is 0.463 e. The van der Waals surface area contributed by atoms with Gasteiger partial charge in [0.2, 0.25) is 0 Å². The number of ether oxygens (including phenoxy) is 1. The first kappa shape index (κ1) is 9.39. The molecule has 0 rings (SSSR count). The van der Waals surface area contributed by atoms with Crippen LogP contribution in [0.2, 0.25) is 0 Å². The van der Waals surface area contributed by atoms with Crippen LogP contribution in [0.5, 0.6) is 0 Å². The second-order valence-electron chi connectivity index (χ2n) is 2.10. The third-order valence-electron chi connectivity index (χ3n) is 0.891. The molecule has 0 aliphatic heterocycles. The Morgan fingerprint density at radius 1 is 1.60 bits per heavy atom. The van der Waals surface area contributed by atoms with Gasteiger partial charge in [-0.3, -0.25) is 4.79 Å². The van der Waals surface area contributed by atoms with E-state index in [1.165, 1.54) is 0 Å². The van der Waals surface area contributed by atoms with Crippen molar-refractivity contribution in [1.29, 1.82) is 0 Å². The van der Waals surface area contributed by atoms with Crippen molar-refractivity contribution in [3.63, 3.8) is 0 Å². The first-order valence-electron chi connectivity index (χ1n) is 3.33. The fraction of sp³-hybridized carbons (Fsp3) is 0.833. The minimum Gasteiger partial charge on any atom is -0.463 e. The SMILES string of the molecule is CCCC(=O)OCC(N)N. The molecular weight excluding hydrogens is 132 g/mol. The van der Waals surface area contributed by atoms with Gasteiger partial charge in [-0.05, 0) is 6.42 Å². The molecule has 4 nitrogen and oxygen atoms in total. The molecule has 0 heterocycles. The van der Waals surface area contributed by atoms with E-state index in [0.29, 0.717) is 6.42 Å². The van der Waals surface area contributed by atoms with Gasteiger partial charge in [0.25, 0.3) is 0 Å². The fourth-order valence-corrected chi connectivity index (χ4v) is 0.465. The Labute approximate surface area is 60.5 Å². The smallest absolute Gasteiger partial charge is 0.305 e. The van der Waals surface area contributed by atoms with Gasteiger partial charge < -0.3 is 16.2 Å². The van der Waals surface area contributed by atoms with Crippen LogP contribution in [0.3, 0.4) is 0 Å². The molecule has 0 spiro atoms. The molecule has 10 heavy (non-hydrogen) atoms. The van der Waals surface area contributed by atoms with Gasteiger partial charge in [0.15, 0.2) is 0 Å². The van der Waals surface area contributed by atoms with Crippen LogP contribution >= 0.6 is 0 Å². The number of rotatable bonds is 4. The van der Waals surface area contributed by atoms with E-state index in [1.807, 2.05) is 6.92 Å². The molecule has 0 aromatic rings. The Balaban J connectivity index is 3.22. The highest BCUT2D eigenvalue weighted by Crippen LogP contribution is 1.90. The second kappa shape index (κ2) is 5.20. The van der Waals surface area contributed by atoms with Gasteiger partial charge >= 0.3 is 5.97 Å². The van der Waals surface area contributed by atoms with Gasteiger partial charge in [-0.15, -0.1) is 0 Å². The van der Waals surface area contributed by atoms with Crippen molar-refractivity contribution in [3.05, 3.63) is 0 Å². The van der Waals surface area contributed by atoms with Gasteiger partial charge in [0.1, 0.15) is 6.61 Å². The van der Waals surface area contributed by atoms with Crippen LogP contribution in [0.4, 0.5) is 0 Å². The summed E-state index contributed by atoms with van der Waals surface area (Å²) in [7, 11) is 0. The van der Waals surface area contributed by atoms with Crippen molar-refractivity contribution in [1.82, 2.24) is 0 Å². The van der Waals surface area contributed by atoms with Gasteiger partial charge in [-0.2, -0.15) is 0 Å². The summed E-state index contributed by atoms with van der Waals surface area (Å²) in [5.74, 6) is -0.233. The topological polar surface area (TPSA) is 78.3 Å². The Morgan fingerprint density at radius 2 is 2.20 bits per heavy atom. The summed E-state index contributed by atoms with van der Waals surface area (Å²) in [6, 6.07) is 0. The Morgan fingerprint density at radius 3 is 2.60 bits per heavy atom. The molecule has 0 radical (unpaired) electrons. The molecule has 4 heteroatoms. The number of hydrogen-bond acceptors (Lipinski definition) is 4. The highest BCUT2D eigenvalue weighted by molar-refractivity contribution is 5.69. The molecule has 0 bridgehead atoms. The van der Waals surface area contributed by atoms with E-state index in [9.17, 15) is 4.79 Å². The molecule has 4 N–H and O–H groups in total. The minimum absolute atomic E-state index is 0.110. The molecule has 0 saturated carbocycles. The zero-order valence-corrected chi connectivity index (χ0v) is 6.17. The molecular formula is C6H14N2O2. The van der Waals surface area contributed by atoms with Crippen molar-refractivity contribution < 1.29 is 9.53 Å². The maximum atomic E-state index is 10.6. The Kier molecular flexibility index (Phi) is 4.88. The van der Waals surface area contributed by atoms with E-state index in [-0.39, 0.29) is 12.6 Å². The van der Waals surface area contributed by atoms with Crippen LogP contribution in [0.1, 0.15) is 19.8 Å². The van der Waals surface area contributed by atoms with Crippen LogP contribution in [-0.4, -0.2) is 18.7 Å². The first-order valence-corrected chi connectivity index (χ1v) is 3.33. The van der Waals surface area contributed by atoms with Crippen molar-refractivity contribution in [2.75, 3.05) is 6.61 Å². The summed E-state index contributed by atoms with van der Waals surface area (Å²) in [6.45, 7) is 2.02. The van der Waals surface area contributed by atoms with Crippen LogP contribution in [-0.2, 0) is 9.53 Å². The monoisotopic (exact) mass is 146 g/mol. The molecule has 0 aromatic carbocycles. The molecule has 0 aliphatic rings. The summed E-state index contributed by atoms with van der Waals surface area (Å²) < 4.78 is 4.65. The lowest BCUT2D eigenvalue weighted by Gasteiger charge is -2.05. The number of carbonyl (C=O) groups is 1. The van der Waals surface area contributed by atoms with Crippen molar-refractivity contribution >= 4 is 5.97 Å². The van der Waals surface area contributed by atoms with E-state index in [0.717, 1.165) is 6.42 Å². The average molecular weight is 146 g/mol. The second-order valence-corrected chi connectivity index (χ2v) is 2.10. The van der Waals surface area contributed by atoms with Crippen LogP contribution in [0.15, 0.2) is 0 Å². The van der Waals surface area contributed by atoms with Gasteiger partial charge in [0.05, 0.1) is 6.17 Å². The predicted octanol–water partition coefficient (Wildman–Crippen LogP) is -0.427. The van der Waals surface area contributed by atoms with E-state index in [1.54, 1.807) is 0 Å². The first-order chi connectivity index (χ1) is 4.66. The zero-order chi connectivity index (χ0) is 7.98. The third kappa shape index (κ3) is 5.53. The Hall–Kier alpha value is -0.610. The normalized spacial score (nSPS) is 10.0. The lowest BCUT2D eigenvalue weighted by Crippen LogP contribution is -2.36. The highest BCUT2D eigenvalue weighted by Gasteiger charge is 2.01. The third-order valence-corrected chi connectivity index (χ3v) is 0.891. The summed E-state index contributed by atoms with van der Waals surface area (Å²) in [4.78, 5) is 10.6. The minimum atomic E-state index is -0.555. The molecule has 0 atom stereocenters. The molecule has 0 saturated heterocycles. The summed E-state index contributed by atoms with van der Waals surface area (Å²) >= 11 is 0. The molecule has 0 fully saturated rings. The number of carbonyl (C=O) groups excluding carboxylic acids is 1. The van der Waals surface area contributed by atoms with E-state index in [4.69, 9.17) is 11.5 Å². The predicted molar refractivity (Wildman–Crippen MR) is 38.0 cm³/mol. The maximum absolute atomic E-state index is 10.6. The molecule has 0 aromatic heterocycles. The van der Waals surface area contributed by atoms with E-state index < -0.39 is 6.17 Å². The quantitative estimate of drug-likeness (QED) is 0.417. The number of nitrogens with two attached hydrogens (primary N) is 2. The molecule has 60 valence electrons. The molecule has 0 amide bonds. The van der Waals surface area contributed by atoms with Crippen molar-refractivity contribution in [2.24, 2.45) is 11.5 Å². The molecule has 0 aliphatic carbocycles. The summed E-state index contributed by atoms with van der Waals surface area (Å²) in [5, 5.41) is 0. The van der Waals surface area contributed by atoms with Crippen LogP contribution < -0.4 is 11.5 Å². The van der Waals surface area contributed by atoms with Gasteiger partial charge in [-0.1, -0.05) is 6.92 Å². The van der Waals surface area contributed by atoms with Crippen molar-refractivity contribution in [2.45, 2.75) is 25.9 Å². The van der Waals surface area contributed by atoms with Crippen LogP contribution in [0, 0.1) is 0 Å². The standard InChI is InChI=1S/C6H14N2O2/c1-2-3-6(9)10-4-5(7)8/h5H,2-4,7-8H2,1H3. The van der Waals surface area contributed by atoms with Crippen molar-refractivity contribution in [3.8, 4) is 0 Å². The van der Waals surface area contributed by atoms with Gasteiger partial charge in [-0.25, -0.2) is 0 Å². The zero-order valence-electron chi connectivity index (χ0n) is 6.17. The number of esters is 1. The number of hydrogen-bond donors (Lipinski definition) is 2. The summed E-state index contributed by atoms with van der Waals surface area (Å²) in [5.41, 5.74) is 10.3. The van der Waals surface area contributed by atoms with Gasteiger partial charge in [0, 0.05) is 6.42 Å². The molecule has 0 unspecified atom stereocenters. The van der Waals surface area contributed by atoms with E-state index in [2.05, 4.69) is 4.74 Å². The van der Waals surface area contributed by atoms with E-state index >= 15 is 0 Å². The lowest BCUT2D eigenvalue weighted by atomic mass is 10.3.